The Bertz CT molecular complexity index is 369. The standard InChI is InChI=1S/C10H10N2O2/c1-8(6-10(13)14)2-3-9-4-5-11-7-12-9/h2-7H,1H3,(H,13,14)/b3-2+,8-6-. The van der Waals surface area contributed by atoms with Gasteiger partial charge in [-0.1, -0.05) is 6.08 Å². The predicted octanol–water partition coefficient (Wildman–Crippen LogP) is 1.52. The maximum absolute atomic E-state index is 10.3. The lowest BCUT2D eigenvalue weighted by molar-refractivity contribution is -0.131. The Labute approximate surface area is 81.6 Å². The van der Waals surface area contributed by atoms with E-state index in [9.17, 15) is 4.79 Å². The number of carbonyl (C=O) groups is 1. The summed E-state index contributed by atoms with van der Waals surface area (Å²) in [4.78, 5) is 18.0. The molecule has 0 amide bonds. The van der Waals surface area contributed by atoms with Crippen molar-refractivity contribution in [1.29, 1.82) is 0 Å². The highest BCUT2D eigenvalue weighted by atomic mass is 16.4. The largest absolute Gasteiger partial charge is 0.478 e. The molecule has 0 fully saturated rings. The fourth-order valence-electron chi connectivity index (χ4n) is 0.859. The van der Waals surface area contributed by atoms with Crippen LogP contribution in [0.25, 0.3) is 6.08 Å². The van der Waals surface area contributed by atoms with Crippen LogP contribution < -0.4 is 0 Å². The summed E-state index contributed by atoms with van der Waals surface area (Å²) in [6.45, 7) is 1.71. The number of nitrogens with zero attached hydrogens (tertiary/aromatic N) is 2. The van der Waals surface area contributed by atoms with Gasteiger partial charge in [-0.2, -0.15) is 0 Å². The summed E-state index contributed by atoms with van der Waals surface area (Å²) >= 11 is 0. The smallest absolute Gasteiger partial charge is 0.328 e. The van der Waals surface area contributed by atoms with Gasteiger partial charge in [-0.25, -0.2) is 14.8 Å². The Morgan fingerprint density at radius 2 is 2.36 bits per heavy atom. The van der Waals surface area contributed by atoms with Gasteiger partial charge < -0.3 is 5.11 Å². The molecule has 1 aromatic heterocycles. The van der Waals surface area contributed by atoms with E-state index in [1.54, 1.807) is 31.3 Å². The lowest BCUT2D eigenvalue weighted by Gasteiger charge is -1.90. The van der Waals surface area contributed by atoms with Gasteiger partial charge in [-0.3, -0.25) is 0 Å². The topological polar surface area (TPSA) is 63.1 Å². The van der Waals surface area contributed by atoms with Gasteiger partial charge in [-0.15, -0.1) is 0 Å². The van der Waals surface area contributed by atoms with Crippen LogP contribution in [0.4, 0.5) is 0 Å². The molecule has 0 atom stereocenters. The van der Waals surface area contributed by atoms with E-state index in [2.05, 4.69) is 9.97 Å². The van der Waals surface area contributed by atoms with Gasteiger partial charge in [0.25, 0.3) is 0 Å². The second-order valence-electron chi connectivity index (χ2n) is 2.69. The molecule has 14 heavy (non-hydrogen) atoms. The average molecular weight is 190 g/mol. The summed E-state index contributed by atoms with van der Waals surface area (Å²) in [7, 11) is 0. The fraction of sp³-hybridized carbons (Fsp3) is 0.100. The van der Waals surface area contributed by atoms with Gasteiger partial charge in [0.05, 0.1) is 5.69 Å². The molecule has 1 aromatic rings. The number of carboxylic acids is 1. The maximum Gasteiger partial charge on any atom is 0.328 e. The molecule has 4 nitrogen and oxygen atoms in total. The van der Waals surface area contributed by atoms with Crippen molar-refractivity contribution in [1.82, 2.24) is 9.97 Å². The van der Waals surface area contributed by atoms with E-state index in [0.29, 0.717) is 5.57 Å². The quantitative estimate of drug-likeness (QED) is 0.579. The molecule has 0 spiro atoms. The summed E-state index contributed by atoms with van der Waals surface area (Å²) in [6.07, 6.45) is 7.63. The number of hydrogen-bond donors (Lipinski definition) is 1. The molecule has 0 aliphatic rings. The van der Waals surface area contributed by atoms with Gasteiger partial charge in [0.1, 0.15) is 6.33 Å². The van der Waals surface area contributed by atoms with Crippen LogP contribution in [0, 0.1) is 0 Å². The van der Waals surface area contributed by atoms with E-state index in [-0.39, 0.29) is 0 Å². The molecule has 1 heterocycles. The van der Waals surface area contributed by atoms with E-state index in [1.165, 1.54) is 6.33 Å². The number of hydrogen-bond acceptors (Lipinski definition) is 3. The molecule has 0 unspecified atom stereocenters. The lowest BCUT2D eigenvalue weighted by Crippen LogP contribution is -1.88. The zero-order chi connectivity index (χ0) is 10.4. The minimum atomic E-state index is -0.949. The zero-order valence-corrected chi connectivity index (χ0v) is 7.71. The number of allylic oxidation sites excluding steroid dienone is 2. The first kappa shape index (κ1) is 10.1. The van der Waals surface area contributed by atoms with Crippen molar-refractivity contribution in [2.75, 3.05) is 0 Å². The van der Waals surface area contributed by atoms with Gasteiger partial charge in [0, 0.05) is 12.3 Å². The van der Waals surface area contributed by atoms with Crippen LogP contribution in [0.1, 0.15) is 12.6 Å². The Balaban J connectivity index is 2.70. The average Bonchev–Trinajstić information content (AvgIpc) is 2.15. The van der Waals surface area contributed by atoms with Crippen LogP contribution in [0.15, 0.2) is 36.3 Å². The fourth-order valence-corrected chi connectivity index (χ4v) is 0.859. The number of aromatic nitrogens is 2. The van der Waals surface area contributed by atoms with Crippen molar-refractivity contribution in [2.24, 2.45) is 0 Å². The van der Waals surface area contributed by atoms with Crippen molar-refractivity contribution < 1.29 is 9.90 Å². The monoisotopic (exact) mass is 190 g/mol. The maximum atomic E-state index is 10.3. The SMILES string of the molecule is CC(=C/C(=O)O)/C=C/c1ccncn1. The molecule has 1 rings (SSSR count). The van der Waals surface area contributed by atoms with E-state index < -0.39 is 5.97 Å². The lowest BCUT2D eigenvalue weighted by atomic mass is 10.2. The van der Waals surface area contributed by atoms with E-state index in [0.717, 1.165) is 11.8 Å². The summed E-state index contributed by atoms with van der Waals surface area (Å²) < 4.78 is 0. The second-order valence-corrected chi connectivity index (χ2v) is 2.69. The molecule has 0 aliphatic carbocycles. The van der Waals surface area contributed by atoms with Crippen molar-refractivity contribution in [3.05, 3.63) is 42.0 Å². The van der Waals surface area contributed by atoms with Gasteiger partial charge in [-0.05, 0) is 24.6 Å². The van der Waals surface area contributed by atoms with E-state index >= 15 is 0 Å². The highest BCUT2D eigenvalue weighted by Crippen LogP contribution is 2.00. The third kappa shape index (κ3) is 3.62. The highest BCUT2D eigenvalue weighted by molar-refractivity contribution is 5.81. The first-order valence-electron chi connectivity index (χ1n) is 4.04. The first-order chi connectivity index (χ1) is 6.68. The van der Waals surface area contributed by atoms with Crippen LogP contribution >= 0.6 is 0 Å². The van der Waals surface area contributed by atoms with Gasteiger partial charge in [0.15, 0.2) is 0 Å². The summed E-state index contributed by atoms with van der Waals surface area (Å²) in [5, 5.41) is 8.45. The summed E-state index contributed by atoms with van der Waals surface area (Å²) in [5.41, 5.74) is 1.41. The van der Waals surface area contributed by atoms with Gasteiger partial charge in [0.2, 0.25) is 0 Å². The molecule has 0 bridgehead atoms. The first-order valence-corrected chi connectivity index (χ1v) is 4.04. The third-order valence-electron chi connectivity index (χ3n) is 1.47. The van der Waals surface area contributed by atoms with E-state index in [4.69, 9.17) is 5.11 Å². The number of carboxylic acid groups (broad SMARTS) is 1. The summed E-state index contributed by atoms with van der Waals surface area (Å²) in [6, 6.07) is 1.74. The predicted molar refractivity (Wildman–Crippen MR) is 52.5 cm³/mol. The van der Waals surface area contributed by atoms with Crippen molar-refractivity contribution in [2.45, 2.75) is 6.92 Å². The van der Waals surface area contributed by atoms with Crippen molar-refractivity contribution >= 4 is 12.0 Å². The van der Waals surface area contributed by atoms with Crippen LogP contribution in [0.3, 0.4) is 0 Å². The van der Waals surface area contributed by atoms with E-state index in [1.807, 2.05) is 0 Å². The second kappa shape index (κ2) is 4.91. The van der Waals surface area contributed by atoms with Crippen LogP contribution in [0.5, 0.6) is 0 Å². The number of rotatable bonds is 3. The van der Waals surface area contributed by atoms with Crippen LogP contribution in [-0.2, 0) is 4.79 Å². The molecular weight excluding hydrogens is 180 g/mol. The molecule has 0 aliphatic heterocycles. The molecular formula is C10H10N2O2. The van der Waals surface area contributed by atoms with Crippen molar-refractivity contribution in [3.8, 4) is 0 Å². The Hall–Kier alpha value is -1.97. The number of aliphatic carboxylic acids is 1. The zero-order valence-electron chi connectivity index (χ0n) is 7.71. The Kier molecular flexibility index (Phi) is 3.55. The normalized spacial score (nSPS) is 11.9. The van der Waals surface area contributed by atoms with Gasteiger partial charge >= 0.3 is 5.97 Å². The van der Waals surface area contributed by atoms with Crippen molar-refractivity contribution in [3.63, 3.8) is 0 Å². The van der Waals surface area contributed by atoms with Crippen LogP contribution in [0.2, 0.25) is 0 Å². The summed E-state index contributed by atoms with van der Waals surface area (Å²) in [5.74, 6) is -0.949. The molecule has 1 N–H and O–H groups in total. The molecule has 0 saturated carbocycles. The Morgan fingerprint density at radius 1 is 1.57 bits per heavy atom. The molecule has 4 heteroatoms. The highest BCUT2D eigenvalue weighted by Gasteiger charge is 1.90. The molecule has 0 aromatic carbocycles. The molecule has 0 radical (unpaired) electrons. The van der Waals surface area contributed by atoms with Crippen LogP contribution in [-0.4, -0.2) is 21.0 Å². The minimum Gasteiger partial charge on any atom is -0.478 e. The molecule has 0 saturated heterocycles. The third-order valence-corrected chi connectivity index (χ3v) is 1.47. The molecule has 72 valence electrons. The Morgan fingerprint density at radius 3 is 2.93 bits per heavy atom. The minimum absolute atomic E-state index is 0.663.